The first-order valence-electron chi connectivity index (χ1n) is 8.73. The molecular formula is C20H17Cl2F3N2O2. The number of benzene rings is 2. The molecule has 2 aromatic rings. The van der Waals surface area contributed by atoms with Crippen molar-refractivity contribution >= 4 is 34.8 Å². The predicted octanol–water partition coefficient (Wildman–Crippen LogP) is 5.25. The first kappa shape index (κ1) is 21.5. The van der Waals surface area contributed by atoms with E-state index in [0.29, 0.717) is 18.5 Å². The topological polar surface area (TPSA) is 50.7 Å². The van der Waals surface area contributed by atoms with Gasteiger partial charge >= 0.3 is 6.18 Å². The second-order valence-corrected chi connectivity index (χ2v) is 7.59. The van der Waals surface area contributed by atoms with Crippen molar-refractivity contribution in [1.29, 1.82) is 0 Å². The Hall–Kier alpha value is -2.25. The Morgan fingerprint density at radius 1 is 1.17 bits per heavy atom. The number of halogens is 5. The molecule has 1 aliphatic heterocycles. The number of hydrogen-bond acceptors (Lipinski definition) is 3. The summed E-state index contributed by atoms with van der Waals surface area (Å²) in [5, 5.41) is 6.58. The largest absolute Gasteiger partial charge is 0.435 e. The lowest BCUT2D eigenvalue weighted by atomic mass is 9.86. The van der Waals surface area contributed by atoms with Crippen molar-refractivity contribution in [2.45, 2.75) is 31.5 Å². The molecule has 1 unspecified atom stereocenters. The number of rotatable bonds is 5. The summed E-state index contributed by atoms with van der Waals surface area (Å²) < 4.78 is 42.0. The molecule has 0 saturated carbocycles. The molecule has 1 heterocycles. The second-order valence-electron chi connectivity index (χ2n) is 6.72. The van der Waals surface area contributed by atoms with Crippen LogP contribution in [0.2, 0.25) is 10.0 Å². The third-order valence-electron chi connectivity index (χ3n) is 4.59. The molecule has 4 nitrogen and oxygen atoms in total. The van der Waals surface area contributed by atoms with Crippen molar-refractivity contribution in [3.05, 3.63) is 69.2 Å². The third-order valence-corrected chi connectivity index (χ3v) is 5.03. The summed E-state index contributed by atoms with van der Waals surface area (Å²) >= 11 is 11.8. The van der Waals surface area contributed by atoms with Gasteiger partial charge in [-0.25, -0.2) is 0 Å². The Balaban J connectivity index is 1.82. The quantitative estimate of drug-likeness (QED) is 0.683. The van der Waals surface area contributed by atoms with E-state index in [-0.39, 0.29) is 27.2 Å². The fraction of sp³-hybridized carbons (Fsp3) is 0.300. The van der Waals surface area contributed by atoms with Crippen molar-refractivity contribution in [2.75, 3.05) is 6.54 Å². The maximum atomic E-state index is 14.0. The molecule has 0 spiro atoms. The molecule has 3 rings (SSSR count). The first-order valence-corrected chi connectivity index (χ1v) is 9.48. The molecule has 29 heavy (non-hydrogen) atoms. The van der Waals surface area contributed by atoms with Crippen LogP contribution in [0.15, 0.2) is 47.6 Å². The summed E-state index contributed by atoms with van der Waals surface area (Å²) in [6.45, 7) is 1.91. The van der Waals surface area contributed by atoms with Crippen LogP contribution in [0.4, 0.5) is 13.2 Å². The van der Waals surface area contributed by atoms with Gasteiger partial charge in [-0.1, -0.05) is 52.6 Å². The van der Waals surface area contributed by atoms with E-state index < -0.39 is 18.2 Å². The molecule has 1 atom stereocenters. The van der Waals surface area contributed by atoms with Crippen LogP contribution >= 0.6 is 23.2 Å². The number of carbonyl (C=O) groups excluding carboxylic acids is 1. The Bertz CT molecular complexity index is 925. The van der Waals surface area contributed by atoms with E-state index in [4.69, 9.17) is 28.0 Å². The SMILES string of the molecule is CC(=O)NCCc1ccc(C2=NOC(c3cc(Cl)cc(Cl)c3)(C(F)(F)F)C2)cc1. The summed E-state index contributed by atoms with van der Waals surface area (Å²) in [7, 11) is 0. The lowest BCUT2D eigenvalue weighted by Gasteiger charge is -2.29. The maximum Gasteiger partial charge on any atom is 0.435 e. The average molecular weight is 445 g/mol. The molecule has 1 amide bonds. The van der Waals surface area contributed by atoms with Crippen LogP contribution in [0.1, 0.15) is 30.0 Å². The highest BCUT2D eigenvalue weighted by atomic mass is 35.5. The zero-order chi connectivity index (χ0) is 21.2. The minimum atomic E-state index is -4.73. The fourth-order valence-electron chi connectivity index (χ4n) is 3.09. The minimum absolute atomic E-state index is 0.0803. The van der Waals surface area contributed by atoms with Gasteiger partial charge in [0.05, 0.1) is 5.71 Å². The highest BCUT2D eigenvalue weighted by molar-refractivity contribution is 6.34. The Labute approximate surface area is 175 Å². The van der Waals surface area contributed by atoms with Crippen molar-refractivity contribution in [1.82, 2.24) is 5.32 Å². The Morgan fingerprint density at radius 2 is 1.79 bits per heavy atom. The molecule has 0 fully saturated rings. The van der Waals surface area contributed by atoms with Gasteiger partial charge in [0.1, 0.15) is 0 Å². The van der Waals surface area contributed by atoms with E-state index >= 15 is 0 Å². The van der Waals surface area contributed by atoms with E-state index in [9.17, 15) is 18.0 Å². The van der Waals surface area contributed by atoms with Crippen LogP contribution in [-0.2, 0) is 21.7 Å². The van der Waals surface area contributed by atoms with Crippen LogP contribution < -0.4 is 5.32 Å². The van der Waals surface area contributed by atoms with Gasteiger partial charge in [0.2, 0.25) is 5.91 Å². The molecule has 0 aromatic heterocycles. The smallest absolute Gasteiger partial charge is 0.374 e. The molecule has 1 N–H and O–H groups in total. The number of oxime groups is 1. The molecule has 0 saturated heterocycles. The lowest BCUT2D eigenvalue weighted by molar-refractivity contribution is -0.275. The molecule has 0 radical (unpaired) electrons. The van der Waals surface area contributed by atoms with Gasteiger partial charge in [0.25, 0.3) is 5.60 Å². The Kier molecular flexibility index (Phi) is 6.10. The zero-order valence-corrected chi connectivity index (χ0v) is 16.8. The summed E-state index contributed by atoms with van der Waals surface area (Å²) in [4.78, 5) is 15.9. The van der Waals surface area contributed by atoms with Crippen LogP contribution in [0.3, 0.4) is 0 Å². The van der Waals surface area contributed by atoms with Gasteiger partial charge < -0.3 is 10.2 Å². The van der Waals surface area contributed by atoms with E-state index in [1.54, 1.807) is 24.3 Å². The standard InChI is InChI=1S/C20H17Cl2F3N2O2/c1-12(28)26-7-6-13-2-4-14(5-3-13)18-11-19(29-27-18,20(23,24)25)15-8-16(21)10-17(22)9-15/h2-5,8-10H,6-7,11H2,1H3,(H,26,28). The number of amides is 1. The van der Waals surface area contributed by atoms with Gasteiger partial charge in [-0.05, 0) is 35.7 Å². The van der Waals surface area contributed by atoms with Crippen molar-refractivity contribution < 1.29 is 22.8 Å². The maximum absolute atomic E-state index is 14.0. The highest BCUT2D eigenvalue weighted by Crippen LogP contribution is 2.49. The molecule has 154 valence electrons. The van der Waals surface area contributed by atoms with Crippen molar-refractivity contribution in [3.63, 3.8) is 0 Å². The van der Waals surface area contributed by atoms with Crippen molar-refractivity contribution in [3.8, 4) is 0 Å². The minimum Gasteiger partial charge on any atom is -0.374 e. The molecule has 2 aromatic carbocycles. The van der Waals surface area contributed by atoms with Crippen molar-refractivity contribution in [2.24, 2.45) is 5.16 Å². The summed E-state index contributed by atoms with van der Waals surface area (Å²) in [5.74, 6) is -0.122. The number of hydrogen-bond donors (Lipinski definition) is 1. The van der Waals surface area contributed by atoms with Crippen LogP contribution in [0.5, 0.6) is 0 Å². The lowest BCUT2D eigenvalue weighted by Crippen LogP contribution is -2.42. The highest BCUT2D eigenvalue weighted by Gasteiger charge is 2.62. The molecule has 1 aliphatic rings. The number of nitrogens with one attached hydrogen (secondary N) is 1. The number of carbonyl (C=O) groups is 1. The summed E-state index contributed by atoms with van der Waals surface area (Å²) in [6, 6.07) is 10.7. The van der Waals surface area contributed by atoms with Crippen LogP contribution in [0, 0.1) is 0 Å². The predicted molar refractivity (Wildman–Crippen MR) is 105 cm³/mol. The third kappa shape index (κ3) is 4.67. The van der Waals surface area contributed by atoms with E-state index in [0.717, 1.165) is 5.56 Å². The van der Waals surface area contributed by atoms with Gasteiger partial charge in [-0.3, -0.25) is 4.79 Å². The van der Waals surface area contributed by atoms with Gasteiger partial charge in [0, 0.05) is 35.5 Å². The second kappa shape index (κ2) is 8.24. The van der Waals surface area contributed by atoms with Crippen LogP contribution in [-0.4, -0.2) is 24.3 Å². The molecule has 0 aliphatic carbocycles. The number of alkyl halides is 3. The van der Waals surface area contributed by atoms with Crippen LogP contribution in [0.25, 0.3) is 0 Å². The van der Waals surface area contributed by atoms with E-state index in [1.807, 2.05) is 0 Å². The molecule has 0 bridgehead atoms. The average Bonchev–Trinajstić information content (AvgIpc) is 3.08. The molecular weight excluding hydrogens is 428 g/mol. The fourth-order valence-corrected chi connectivity index (χ4v) is 3.62. The van der Waals surface area contributed by atoms with Gasteiger partial charge in [0.15, 0.2) is 0 Å². The van der Waals surface area contributed by atoms with E-state index in [2.05, 4.69) is 10.5 Å². The normalized spacial score (nSPS) is 18.9. The van der Waals surface area contributed by atoms with Gasteiger partial charge in [-0.15, -0.1) is 0 Å². The monoisotopic (exact) mass is 444 g/mol. The van der Waals surface area contributed by atoms with Gasteiger partial charge in [-0.2, -0.15) is 13.2 Å². The summed E-state index contributed by atoms with van der Waals surface area (Å²) in [5.41, 5.74) is -1.22. The molecule has 9 heteroatoms. The van der Waals surface area contributed by atoms with E-state index in [1.165, 1.54) is 25.1 Å². The summed E-state index contributed by atoms with van der Waals surface area (Å²) in [6.07, 6.45) is -4.63. The first-order chi connectivity index (χ1) is 13.6. The zero-order valence-electron chi connectivity index (χ0n) is 15.3. The number of nitrogens with zero attached hydrogens (tertiary/aromatic N) is 1. The Morgan fingerprint density at radius 3 is 2.34 bits per heavy atom.